The largest absolute Gasteiger partial charge is 0.508 e. The van der Waals surface area contributed by atoms with Gasteiger partial charge in [-0.2, -0.15) is 0 Å². The fraction of sp³-hybridized carbons (Fsp3) is 0.333. The molecule has 0 aliphatic heterocycles. The van der Waals surface area contributed by atoms with Crippen molar-refractivity contribution in [2.45, 2.75) is 25.8 Å². The minimum atomic E-state index is -0.829. The molecule has 18 heavy (non-hydrogen) atoms. The molecule has 0 fully saturated rings. The average molecular weight is 268 g/mol. The van der Waals surface area contributed by atoms with Gasteiger partial charge in [-0.05, 0) is 31.5 Å². The maximum Gasteiger partial charge on any atom is 0.255 e. The zero-order chi connectivity index (χ0) is 13.9. The van der Waals surface area contributed by atoms with Gasteiger partial charge in [0.25, 0.3) is 5.91 Å². The van der Waals surface area contributed by atoms with Gasteiger partial charge in [0.05, 0.1) is 16.1 Å². The van der Waals surface area contributed by atoms with Crippen LogP contribution >= 0.6 is 12.2 Å². The molecule has 0 heterocycles. The number of hydrogen-bond acceptors (Lipinski definition) is 4. The number of carbonyl (C=O) groups is 1. The predicted molar refractivity (Wildman–Crippen MR) is 72.7 cm³/mol. The molecule has 1 unspecified atom stereocenters. The summed E-state index contributed by atoms with van der Waals surface area (Å²) < 4.78 is 0. The first-order chi connectivity index (χ1) is 8.30. The van der Waals surface area contributed by atoms with Gasteiger partial charge in [-0.25, -0.2) is 0 Å². The van der Waals surface area contributed by atoms with Crippen molar-refractivity contribution in [2.75, 3.05) is 0 Å². The van der Waals surface area contributed by atoms with Crippen LogP contribution < -0.4 is 11.1 Å². The van der Waals surface area contributed by atoms with Gasteiger partial charge in [-0.15, -0.1) is 0 Å². The van der Waals surface area contributed by atoms with Gasteiger partial charge in [0.15, 0.2) is 0 Å². The number of hydrogen-bond donors (Lipinski definition) is 4. The third kappa shape index (κ3) is 2.89. The van der Waals surface area contributed by atoms with Gasteiger partial charge in [0.1, 0.15) is 11.5 Å². The summed E-state index contributed by atoms with van der Waals surface area (Å²) in [5.41, 5.74) is 4.73. The molecular weight excluding hydrogens is 252 g/mol. The van der Waals surface area contributed by atoms with Gasteiger partial charge >= 0.3 is 0 Å². The number of phenolic OH excluding ortho intramolecular Hbond substituents is 2. The molecule has 5 nitrogen and oxygen atoms in total. The zero-order valence-corrected chi connectivity index (χ0v) is 11.0. The van der Waals surface area contributed by atoms with Crippen LogP contribution in [0.3, 0.4) is 0 Å². The summed E-state index contributed by atoms with van der Waals surface area (Å²) in [7, 11) is 0. The van der Waals surface area contributed by atoms with Gasteiger partial charge in [-0.1, -0.05) is 19.1 Å². The Morgan fingerprint density at radius 1 is 1.50 bits per heavy atom. The van der Waals surface area contributed by atoms with E-state index in [4.69, 9.17) is 18.0 Å². The first kappa shape index (κ1) is 14.2. The SMILES string of the molecule is CCC(C)(NC(=O)c1cc(O)ccc1O)C(N)=S. The number of phenols is 2. The van der Waals surface area contributed by atoms with Gasteiger partial charge < -0.3 is 21.3 Å². The maximum absolute atomic E-state index is 12.0. The third-order valence-corrected chi connectivity index (χ3v) is 3.32. The number of carbonyl (C=O) groups excluding carboxylic acids is 1. The Morgan fingerprint density at radius 2 is 2.11 bits per heavy atom. The molecule has 0 bridgehead atoms. The number of benzene rings is 1. The van der Waals surface area contributed by atoms with Crippen LogP contribution in [0.15, 0.2) is 18.2 Å². The monoisotopic (exact) mass is 268 g/mol. The summed E-state index contributed by atoms with van der Waals surface area (Å²) >= 11 is 4.91. The van der Waals surface area contributed by atoms with Crippen molar-refractivity contribution in [3.63, 3.8) is 0 Å². The van der Waals surface area contributed by atoms with E-state index in [-0.39, 0.29) is 22.1 Å². The molecule has 1 aromatic carbocycles. The van der Waals surface area contributed by atoms with E-state index < -0.39 is 11.4 Å². The second-order valence-electron chi connectivity index (χ2n) is 4.21. The van der Waals surface area contributed by atoms with Crippen molar-refractivity contribution in [3.05, 3.63) is 23.8 Å². The number of nitrogens with two attached hydrogens (primary N) is 1. The van der Waals surface area contributed by atoms with Crippen molar-refractivity contribution in [1.29, 1.82) is 0 Å². The Kier molecular flexibility index (Phi) is 4.13. The molecule has 0 aliphatic rings. The lowest BCUT2D eigenvalue weighted by atomic mass is 9.98. The quantitative estimate of drug-likeness (QED) is 0.487. The highest BCUT2D eigenvalue weighted by Gasteiger charge is 2.28. The number of rotatable bonds is 4. The highest BCUT2D eigenvalue weighted by atomic mass is 32.1. The normalized spacial score (nSPS) is 13.7. The van der Waals surface area contributed by atoms with E-state index in [0.717, 1.165) is 0 Å². The van der Waals surface area contributed by atoms with E-state index >= 15 is 0 Å². The highest BCUT2D eigenvalue weighted by molar-refractivity contribution is 7.80. The first-order valence-corrected chi connectivity index (χ1v) is 5.85. The summed E-state index contributed by atoms with van der Waals surface area (Å²) in [4.78, 5) is 12.2. The molecule has 98 valence electrons. The minimum absolute atomic E-state index is 0.0223. The van der Waals surface area contributed by atoms with Gasteiger partial charge in [0, 0.05) is 0 Å². The fourth-order valence-electron chi connectivity index (χ4n) is 1.35. The Hall–Kier alpha value is -1.82. The van der Waals surface area contributed by atoms with E-state index in [0.29, 0.717) is 6.42 Å². The van der Waals surface area contributed by atoms with Crippen molar-refractivity contribution in [2.24, 2.45) is 5.73 Å². The van der Waals surface area contributed by atoms with Crippen molar-refractivity contribution >= 4 is 23.1 Å². The molecule has 0 spiro atoms. The molecule has 5 N–H and O–H groups in total. The predicted octanol–water partition coefficient (Wildman–Crippen LogP) is 1.28. The molecular formula is C12H16N2O3S. The number of thiocarbonyl (C=S) groups is 1. The van der Waals surface area contributed by atoms with Crippen molar-refractivity contribution in [1.82, 2.24) is 5.32 Å². The molecule has 1 aromatic rings. The van der Waals surface area contributed by atoms with Crippen LogP contribution in [0.25, 0.3) is 0 Å². The lowest BCUT2D eigenvalue weighted by molar-refractivity contribution is 0.0923. The first-order valence-electron chi connectivity index (χ1n) is 5.44. The van der Waals surface area contributed by atoms with E-state index in [1.807, 2.05) is 6.92 Å². The molecule has 1 rings (SSSR count). The number of nitrogens with one attached hydrogen (secondary N) is 1. The maximum atomic E-state index is 12.0. The summed E-state index contributed by atoms with van der Waals surface area (Å²) in [6.07, 6.45) is 0.521. The number of amides is 1. The third-order valence-electron chi connectivity index (χ3n) is 2.87. The van der Waals surface area contributed by atoms with Gasteiger partial charge in [-0.3, -0.25) is 4.79 Å². The van der Waals surface area contributed by atoms with E-state index in [1.54, 1.807) is 6.92 Å². The smallest absolute Gasteiger partial charge is 0.255 e. The Bertz CT molecular complexity index is 490. The van der Waals surface area contributed by atoms with E-state index in [1.165, 1.54) is 18.2 Å². The van der Waals surface area contributed by atoms with Crippen LogP contribution in [0, 0.1) is 0 Å². The molecule has 1 amide bonds. The number of aromatic hydroxyl groups is 2. The molecule has 6 heteroatoms. The fourth-order valence-corrected chi connectivity index (χ4v) is 1.54. The standard InChI is InChI=1S/C12H16N2O3S/c1-3-12(2,11(13)18)14-10(17)8-6-7(15)4-5-9(8)16/h4-6,15-16H,3H2,1-2H3,(H2,13,18)(H,14,17). The van der Waals surface area contributed by atoms with Crippen LogP contribution in [-0.4, -0.2) is 26.6 Å². The Balaban J connectivity index is 3.02. The molecule has 0 radical (unpaired) electrons. The molecule has 1 atom stereocenters. The van der Waals surface area contributed by atoms with E-state index in [2.05, 4.69) is 5.32 Å². The highest BCUT2D eigenvalue weighted by Crippen LogP contribution is 2.23. The van der Waals surface area contributed by atoms with Crippen LogP contribution in [0.2, 0.25) is 0 Å². The van der Waals surface area contributed by atoms with Crippen molar-refractivity contribution < 1.29 is 15.0 Å². The zero-order valence-electron chi connectivity index (χ0n) is 10.2. The van der Waals surface area contributed by atoms with Crippen molar-refractivity contribution in [3.8, 4) is 11.5 Å². The van der Waals surface area contributed by atoms with Crippen LogP contribution in [-0.2, 0) is 0 Å². The van der Waals surface area contributed by atoms with Crippen LogP contribution in [0.5, 0.6) is 11.5 Å². The second kappa shape index (κ2) is 5.22. The van der Waals surface area contributed by atoms with Crippen LogP contribution in [0.4, 0.5) is 0 Å². The molecule has 0 saturated heterocycles. The average Bonchev–Trinajstić information content (AvgIpc) is 2.31. The summed E-state index contributed by atoms with van der Waals surface area (Å²) in [6.45, 7) is 3.54. The minimum Gasteiger partial charge on any atom is -0.508 e. The Labute approximate surface area is 111 Å². The summed E-state index contributed by atoms with van der Waals surface area (Å²) in [6, 6.07) is 3.72. The lowest BCUT2D eigenvalue weighted by Crippen LogP contribution is -2.54. The second-order valence-corrected chi connectivity index (χ2v) is 4.65. The molecule has 0 saturated carbocycles. The molecule has 0 aliphatic carbocycles. The van der Waals surface area contributed by atoms with Gasteiger partial charge in [0.2, 0.25) is 0 Å². The Morgan fingerprint density at radius 3 is 2.61 bits per heavy atom. The topological polar surface area (TPSA) is 95.6 Å². The summed E-state index contributed by atoms with van der Waals surface area (Å²) in [5, 5.41) is 21.5. The van der Waals surface area contributed by atoms with Crippen LogP contribution in [0.1, 0.15) is 30.6 Å². The lowest BCUT2D eigenvalue weighted by Gasteiger charge is -2.28. The van der Waals surface area contributed by atoms with E-state index in [9.17, 15) is 15.0 Å². The summed E-state index contributed by atoms with van der Waals surface area (Å²) in [5.74, 6) is -0.862. The molecule has 0 aromatic heterocycles.